The fraction of sp³-hybridized carbons (Fsp3) is 0.0323. The summed E-state index contributed by atoms with van der Waals surface area (Å²) in [6.45, 7) is 0. The second-order valence-electron chi connectivity index (χ2n) is 9.09. The number of nitrogens with zero attached hydrogens (tertiary/aromatic N) is 2. The summed E-state index contributed by atoms with van der Waals surface area (Å²) in [5.74, 6) is -0.397. The molecule has 1 aromatic heterocycles. The molecular formula is C31H22Cl2N2O4S. The molecule has 0 saturated carbocycles. The van der Waals surface area contributed by atoms with Gasteiger partial charge in [-0.05, 0) is 77.4 Å². The van der Waals surface area contributed by atoms with Crippen LogP contribution in [0, 0.1) is 0 Å². The smallest absolute Gasteiger partial charge is 0.335 e. The molecule has 0 aliphatic rings. The van der Waals surface area contributed by atoms with Gasteiger partial charge in [-0.3, -0.25) is 4.57 Å². The lowest BCUT2D eigenvalue weighted by molar-refractivity contribution is 0.0697. The lowest BCUT2D eigenvalue weighted by Gasteiger charge is -2.06. The van der Waals surface area contributed by atoms with Crippen molar-refractivity contribution in [1.82, 2.24) is 9.55 Å². The molecule has 0 bridgehead atoms. The maximum atomic E-state index is 11.9. The van der Waals surface area contributed by atoms with E-state index in [-0.39, 0.29) is 10.5 Å². The van der Waals surface area contributed by atoms with Crippen LogP contribution in [0.15, 0.2) is 102 Å². The summed E-state index contributed by atoms with van der Waals surface area (Å²) in [4.78, 5) is 16.4. The van der Waals surface area contributed by atoms with Gasteiger partial charge in [0.25, 0.3) is 0 Å². The highest BCUT2D eigenvalue weighted by Crippen LogP contribution is 2.31. The molecule has 0 radical (unpaired) electrons. The van der Waals surface area contributed by atoms with Crippen molar-refractivity contribution in [2.24, 2.45) is 0 Å². The zero-order valence-corrected chi connectivity index (χ0v) is 23.5. The molecule has 0 saturated heterocycles. The van der Waals surface area contributed by atoms with Gasteiger partial charge in [-0.15, -0.1) is 0 Å². The van der Waals surface area contributed by atoms with Gasteiger partial charge in [-0.25, -0.2) is 18.2 Å². The molecule has 5 rings (SSSR count). The summed E-state index contributed by atoms with van der Waals surface area (Å²) in [6.07, 6.45) is 6.80. The van der Waals surface area contributed by atoms with Gasteiger partial charge < -0.3 is 5.11 Å². The van der Waals surface area contributed by atoms with E-state index in [4.69, 9.17) is 28.2 Å². The Kier molecular flexibility index (Phi) is 7.63. The van der Waals surface area contributed by atoms with E-state index in [9.17, 15) is 18.3 Å². The van der Waals surface area contributed by atoms with Gasteiger partial charge in [-0.1, -0.05) is 65.7 Å². The van der Waals surface area contributed by atoms with Crippen LogP contribution >= 0.6 is 23.2 Å². The van der Waals surface area contributed by atoms with Crippen LogP contribution in [0.2, 0.25) is 10.0 Å². The summed E-state index contributed by atoms with van der Waals surface area (Å²) in [6, 6.07) is 26.3. The van der Waals surface area contributed by atoms with Crippen molar-refractivity contribution < 1.29 is 18.3 Å². The molecule has 0 fully saturated rings. The maximum absolute atomic E-state index is 11.9. The maximum Gasteiger partial charge on any atom is 0.335 e. The van der Waals surface area contributed by atoms with Crippen LogP contribution in [0.25, 0.3) is 40.2 Å². The summed E-state index contributed by atoms with van der Waals surface area (Å²) in [7, 11) is -3.30. The molecule has 0 amide bonds. The summed E-state index contributed by atoms with van der Waals surface area (Å²) < 4.78 is 25.7. The largest absolute Gasteiger partial charge is 0.478 e. The Hall–Kier alpha value is -4.17. The van der Waals surface area contributed by atoms with Crippen LogP contribution in [0.4, 0.5) is 0 Å². The highest BCUT2D eigenvalue weighted by atomic mass is 35.5. The van der Waals surface area contributed by atoms with Crippen LogP contribution in [0.3, 0.4) is 0 Å². The fourth-order valence-corrected chi connectivity index (χ4v) is 5.35. The van der Waals surface area contributed by atoms with Gasteiger partial charge in [0.15, 0.2) is 9.84 Å². The monoisotopic (exact) mass is 588 g/mol. The second-order valence-corrected chi connectivity index (χ2v) is 11.9. The van der Waals surface area contributed by atoms with Crippen molar-refractivity contribution in [3.8, 4) is 28.1 Å². The number of carboxylic acids is 1. The lowest BCUT2D eigenvalue weighted by atomic mass is 10.0. The SMILES string of the molecule is CS(=O)(=O)c1cccc(-c2ccc(C=Cc3nc(-c4ccc(Cl)cc4Cl)cn3-c3ccc(C(=O)O)cc3)cc2)c1. The molecule has 1 N–H and O–H groups in total. The Morgan fingerprint density at radius 2 is 1.60 bits per heavy atom. The molecule has 40 heavy (non-hydrogen) atoms. The molecule has 0 aliphatic heterocycles. The predicted molar refractivity (Wildman–Crippen MR) is 160 cm³/mol. The Morgan fingerprint density at radius 1 is 0.875 bits per heavy atom. The van der Waals surface area contributed by atoms with Crippen molar-refractivity contribution >= 4 is 51.2 Å². The highest BCUT2D eigenvalue weighted by Gasteiger charge is 2.14. The average molecular weight is 590 g/mol. The van der Waals surface area contributed by atoms with Gasteiger partial charge in [0.2, 0.25) is 0 Å². The number of carboxylic acid groups (broad SMARTS) is 1. The molecule has 1 heterocycles. The Balaban J connectivity index is 1.49. The lowest BCUT2D eigenvalue weighted by Crippen LogP contribution is -1.99. The molecule has 200 valence electrons. The molecule has 4 aromatic carbocycles. The van der Waals surface area contributed by atoms with E-state index >= 15 is 0 Å². The van der Waals surface area contributed by atoms with Crippen LogP contribution in [-0.2, 0) is 9.84 Å². The number of hydrogen-bond acceptors (Lipinski definition) is 4. The van der Waals surface area contributed by atoms with E-state index in [0.29, 0.717) is 27.1 Å². The molecule has 0 atom stereocenters. The highest BCUT2D eigenvalue weighted by molar-refractivity contribution is 7.90. The van der Waals surface area contributed by atoms with Gasteiger partial charge in [0.05, 0.1) is 21.2 Å². The number of aromatic carboxylic acids is 1. The zero-order chi connectivity index (χ0) is 28.4. The molecule has 9 heteroatoms. The number of halogens is 2. The number of benzene rings is 4. The number of carbonyl (C=O) groups is 1. The first-order valence-corrected chi connectivity index (χ1v) is 14.7. The van der Waals surface area contributed by atoms with Gasteiger partial charge >= 0.3 is 5.97 Å². The molecule has 0 unspecified atom stereocenters. The van der Waals surface area contributed by atoms with E-state index in [1.165, 1.54) is 18.4 Å². The molecule has 0 spiro atoms. The topological polar surface area (TPSA) is 89.3 Å². The van der Waals surface area contributed by atoms with Crippen LogP contribution in [0.5, 0.6) is 0 Å². The van der Waals surface area contributed by atoms with E-state index in [2.05, 4.69) is 0 Å². The van der Waals surface area contributed by atoms with Crippen LogP contribution < -0.4 is 0 Å². The van der Waals surface area contributed by atoms with Gasteiger partial charge in [0, 0.05) is 28.7 Å². The zero-order valence-electron chi connectivity index (χ0n) is 21.1. The first kappa shape index (κ1) is 27.4. The predicted octanol–water partition coefficient (Wildman–Crippen LogP) is 7.79. The van der Waals surface area contributed by atoms with Crippen molar-refractivity contribution in [2.45, 2.75) is 4.90 Å². The molecule has 0 aliphatic carbocycles. The number of hydrogen-bond donors (Lipinski definition) is 1. The van der Waals surface area contributed by atoms with Crippen molar-refractivity contribution in [3.63, 3.8) is 0 Å². The first-order valence-electron chi connectivity index (χ1n) is 12.1. The van der Waals surface area contributed by atoms with Crippen molar-refractivity contribution in [2.75, 3.05) is 6.26 Å². The standard InChI is InChI=1S/C31H22Cl2N2O4S/c1-40(38,39)26-4-2-3-23(17-26)21-8-5-20(6-9-21)7-16-30-34-29(27-15-12-24(32)18-28(27)33)19-35(30)25-13-10-22(11-14-25)31(36)37/h2-19H,1H3,(H,36,37). The van der Waals surface area contributed by atoms with E-state index in [1.54, 1.807) is 48.5 Å². The number of imidazole rings is 1. The minimum absolute atomic E-state index is 0.184. The first-order chi connectivity index (χ1) is 19.1. The number of aromatic nitrogens is 2. The van der Waals surface area contributed by atoms with Crippen molar-refractivity contribution in [3.05, 3.63) is 124 Å². The molecule has 6 nitrogen and oxygen atoms in total. The second kappa shape index (κ2) is 11.1. The van der Waals surface area contributed by atoms with Gasteiger partial charge in [-0.2, -0.15) is 0 Å². The Morgan fingerprint density at radius 3 is 2.25 bits per heavy atom. The third kappa shape index (κ3) is 6.02. The van der Waals surface area contributed by atoms with E-state index < -0.39 is 15.8 Å². The minimum Gasteiger partial charge on any atom is -0.478 e. The number of rotatable bonds is 7. The third-order valence-corrected chi connectivity index (χ3v) is 7.92. The molecular weight excluding hydrogens is 567 g/mol. The fourth-order valence-electron chi connectivity index (χ4n) is 4.17. The van der Waals surface area contributed by atoms with Crippen LogP contribution in [0.1, 0.15) is 21.7 Å². The van der Waals surface area contributed by atoms with Crippen LogP contribution in [-0.4, -0.2) is 35.3 Å². The minimum atomic E-state index is -3.30. The molecule has 5 aromatic rings. The average Bonchev–Trinajstić information content (AvgIpc) is 3.35. The third-order valence-electron chi connectivity index (χ3n) is 6.26. The quantitative estimate of drug-likeness (QED) is 0.209. The summed E-state index contributed by atoms with van der Waals surface area (Å²) in [5.41, 5.74) is 4.86. The van der Waals surface area contributed by atoms with E-state index in [0.717, 1.165) is 22.4 Å². The van der Waals surface area contributed by atoms with Crippen molar-refractivity contribution in [1.29, 1.82) is 0 Å². The number of sulfone groups is 1. The normalized spacial score (nSPS) is 11.7. The van der Waals surface area contributed by atoms with E-state index in [1.807, 2.05) is 53.2 Å². The summed E-state index contributed by atoms with van der Waals surface area (Å²) in [5, 5.41) is 10.3. The van der Waals surface area contributed by atoms with Gasteiger partial charge in [0.1, 0.15) is 5.82 Å². The Labute approximate surface area is 241 Å². The summed E-state index contributed by atoms with van der Waals surface area (Å²) >= 11 is 12.5. The Bertz CT molecular complexity index is 1860.